The van der Waals surface area contributed by atoms with Gasteiger partial charge in [0.05, 0.1) is 4.90 Å². The minimum absolute atomic E-state index is 0.194. The highest BCUT2D eigenvalue weighted by atomic mass is 79.9. The van der Waals surface area contributed by atoms with Crippen molar-refractivity contribution in [2.75, 3.05) is 5.88 Å². The number of benzene rings is 2. The van der Waals surface area contributed by atoms with Gasteiger partial charge in [0.15, 0.2) is 9.84 Å². The lowest BCUT2D eigenvalue weighted by Gasteiger charge is -2.18. The highest BCUT2D eigenvalue weighted by Gasteiger charge is 2.18. The van der Waals surface area contributed by atoms with E-state index in [0.717, 1.165) is 40.6 Å². The van der Waals surface area contributed by atoms with Crippen LogP contribution in [0.2, 0.25) is 0 Å². The molecule has 2 aromatic carbocycles. The molecular formula is C18H18BrNO2S. The maximum atomic E-state index is 12.4. The molecule has 0 saturated carbocycles. The first-order chi connectivity index (χ1) is 11.0. The van der Waals surface area contributed by atoms with Crippen LogP contribution in [-0.2, 0) is 16.3 Å². The van der Waals surface area contributed by atoms with Gasteiger partial charge in [0.2, 0.25) is 0 Å². The number of hydrogen-bond acceptors (Lipinski definition) is 3. The van der Waals surface area contributed by atoms with Crippen molar-refractivity contribution in [1.29, 1.82) is 0 Å². The minimum Gasteiger partial charge on any atom is -0.273 e. The second kappa shape index (κ2) is 6.57. The Bertz CT molecular complexity index is 855. The summed E-state index contributed by atoms with van der Waals surface area (Å²) in [4.78, 5) is 4.77. The van der Waals surface area contributed by atoms with Crippen molar-refractivity contribution in [2.24, 2.45) is 4.99 Å². The predicted octanol–water partition coefficient (Wildman–Crippen LogP) is 4.31. The van der Waals surface area contributed by atoms with Crippen LogP contribution in [0.25, 0.3) is 0 Å². The van der Waals surface area contributed by atoms with E-state index in [1.807, 2.05) is 31.2 Å². The molecule has 23 heavy (non-hydrogen) atoms. The summed E-state index contributed by atoms with van der Waals surface area (Å²) >= 11 is 3.48. The van der Waals surface area contributed by atoms with E-state index in [-0.39, 0.29) is 5.88 Å². The van der Waals surface area contributed by atoms with Crippen LogP contribution < -0.4 is 0 Å². The SMILES string of the molecule is Cc1ccc(S(=O)(=O)CN=C2CCCc3cc(Br)ccc32)cc1. The molecule has 0 unspecified atom stereocenters. The molecule has 1 aliphatic carbocycles. The van der Waals surface area contributed by atoms with Gasteiger partial charge < -0.3 is 0 Å². The molecule has 0 heterocycles. The van der Waals surface area contributed by atoms with Crippen molar-refractivity contribution >= 4 is 31.5 Å². The number of rotatable bonds is 3. The average molecular weight is 392 g/mol. The fraction of sp³-hybridized carbons (Fsp3) is 0.278. The van der Waals surface area contributed by atoms with Crippen LogP contribution in [0.1, 0.15) is 29.5 Å². The van der Waals surface area contributed by atoms with Crippen LogP contribution in [0, 0.1) is 6.92 Å². The molecule has 0 fully saturated rings. The van der Waals surface area contributed by atoms with Crippen molar-refractivity contribution < 1.29 is 8.42 Å². The molecule has 0 spiro atoms. The zero-order chi connectivity index (χ0) is 16.4. The second-order valence-electron chi connectivity index (χ2n) is 5.82. The van der Waals surface area contributed by atoms with Gasteiger partial charge >= 0.3 is 0 Å². The largest absolute Gasteiger partial charge is 0.273 e. The summed E-state index contributed by atoms with van der Waals surface area (Å²) in [6, 6.07) is 13.0. The van der Waals surface area contributed by atoms with E-state index in [4.69, 9.17) is 0 Å². The predicted molar refractivity (Wildman–Crippen MR) is 96.8 cm³/mol. The molecule has 0 aromatic heterocycles. The van der Waals surface area contributed by atoms with Crippen LogP contribution in [0.3, 0.4) is 0 Å². The van der Waals surface area contributed by atoms with E-state index in [0.29, 0.717) is 4.90 Å². The highest BCUT2D eigenvalue weighted by molar-refractivity contribution is 9.10. The Labute approximate surface area is 145 Å². The standard InChI is InChI=1S/C18H18BrNO2S/c1-13-5-8-16(9-6-13)23(21,22)12-20-18-4-2-3-14-11-15(19)7-10-17(14)18/h5-11H,2-4,12H2,1H3. The highest BCUT2D eigenvalue weighted by Crippen LogP contribution is 2.25. The quantitative estimate of drug-likeness (QED) is 0.781. The molecule has 0 bridgehead atoms. The first-order valence-corrected chi connectivity index (χ1v) is 10.0. The van der Waals surface area contributed by atoms with Crippen LogP contribution in [0.4, 0.5) is 0 Å². The van der Waals surface area contributed by atoms with Gasteiger partial charge in [-0.3, -0.25) is 4.99 Å². The van der Waals surface area contributed by atoms with Crippen molar-refractivity contribution in [3.63, 3.8) is 0 Å². The van der Waals surface area contributed by atoms with Gasteiger partial charge in [0.1, 0.15) is 5.88 Å². The van der Waals surface area contributed by atoms with Crippen molar-refractivity contribution in [3.8, 4) is 0 Å². The zero-order valence-electron chi connectivity index (χ0n) is 12.9. The van der Waals surface area contributed by atoms with E-state index in [1.54, 1.807) is 12.1 Å². The van der Waals surface area contributed by atoms with Crippen LogP contribution in [-0.4, -0.2) is 20.0 Å². The third-order valence-electron chi connectivity index (χ3n) is 4.04. The summed E-state index contributed by atoms with van der Waals surface area (Å²) in [5, 5.41) is 0. The Morgan fingerprint density at radius 2 is 1.83 bits per heavy atom. The molecule has 120 valence electrons. The fourth-order valence-electron chi connectivity index (χ4n) is 2.78. The maximum Gasteiger partial charge on any atom is 0.198 e. The third kappa shape index (κ3) is 3.72. The van der Waals surface area contributed by atoms with E-state index in [1.165, 1.54) is 5.56 Å². The molecule has 0 amide bonds. The van der Waals surface area contributed by atoms with Gasteiger partial charge in [-0.1, -0.05) is 39.7 Å². The Hall–Kier alpha value is -1.46. The molecule has 2 aromatic rings. The molecular weight excluding hydrogens is 374 g/mol. The summed E-state index contributed by atoms with van der Waals surface area (Å²) in [6.07, 6.45) is 2.85. The molecule has 0 aliphatic heterocycles. The minimum atomic E-state index is -3.38. The summed E-state index contributed by atoms with van der Waals surface area (Å²) < 4.78 is 25.9. The Kier molecular flexibility index (Phi) is 4.69. The summed E-state index contributed by atoms with van der Waals surface area (Å²) in [7, 11) is -3.38. The van der Waals surface area contributed by atoms with Gasteiger partial charge in [-0.15, -0.1) is 0 Å². The molecule has 3 nitrogen and oxygen atoms in total. The topological polar surface area (TPSA) is 46.5 Å². The molecule has 0 radical (unpaired) electrons. The number of nitrogens with zero attached hydrogens (tertiary/aromatic N) is 1. The van der Waals surface area contributed by atoms with Crippen LogP contribution >= 0.6 is 15.9 Å². The fourth-order valence-corrected chi connectivity index (χ4v) is 4.21. The van der Waals surface area contributed by atoms with E-state index >= 15 is 0 Å². The summed E-state index contributed by atoms with van der Waals surface area (Å²) in [6.45, 7) is 1.94. The first kappa shape index (κ1) is 16.4. The molecule has 0 N–H and O–H groups in total. The van der Waals surface area contributed by atoms with Gasteiger partial charge in [-0.05, 0) is 61.6 Å². The lowest BCUT2D eigenvalue weighted by atomic mass is 9.90. The maximum absolute atomic E-state index is 12.4. The molecule has 3 rings (SSSR count). The van der Waals surface area contributed by atoms with E-state index in [2.05, 4.69) is 27.0 Å². The lowest BCUT2D eigenvalue weighted by Crippen LogP contribution is -2.14. The van der Waals surface area contributed by atoms with Gasteiger partial charge in [-0.25, -0.2) is 8.42 Å². The zero-order valence-corrected chi connectivity index (χ0v) is 15.3. The van der Waals surface area contributed by atoms with E-state index in [9.17, 15) is 8.42 Å². The van der Waals surface area contributed by atoms with Crippen molar-refractivity contribution in [1.82, 2.24) is 0 Å². The average Bonchev–Trinajstić information content (AvgIpc) is 2.53. The number of sulfone groups is 1. The number of aryl methyl sites for hydroxylation is 2. The third-order valence-corrected chi connectivity index (χ3v) is 6.00. The lowest BCUT2D eigenvalue weighted by molar-refractivity contribution is 0.596. The van der Waals surface area contributed by atoms with Gasteiger partial charge in [-0.2, -0.15) is 0 Å². The number of halogens is 1. The summed E-state index contributed by atoms with van der Waals surface area (Å²) in [5.41, 5.74) is 4.26. The van der Waals surface area contributed by atoms with Crippen molar-refractivity contribution in [2.45, 2.75) is 31.1 Å². The monoisotopic (exact) mass is 391 g/mol. The van der Waals surface area contributed by atoms with Gasteiger partial charge in [0.25, 0.3) is 0 Å². The second-order valence-corrected chi connectivity index (χ2v) is 8.69. The number of fused-ring (bicyclic) bond motifs is 1. The molecule has 0 saturated heterocycles. The molecule has 1 aliphatic rings. The normalized spacial score (nSPS) is 16.3. The van der Waals surface area contributed by atoms with E-state index < -0.39 is 9.84 Å². The van der Waals surface area contributed by atoms with Crippen molar-refractivity contribution in [3.05, 3.63) is 63.6 Å². The molecule has 0 atom stereocenters. The molecule has 5 heteroatoms. The van der Waals surface area contributed by atoms with Crippen LogP contribution in [0.15, 0.2) is 56.8 Å². The van der Waals surface area contributed by atoms with Crippen LogP contribution in [0.5, 0.6) is 0 Å². The number of aliphatic imine (C=N–C) groups is 1. The first-order valence-electron chi connectivity index (χ1n) is 7.57. The Morgan fingerprint density at radius 1 is 1.09 bits per heavy atom. The smallest absolute Gasteiger partial charge is 0.198 e. The Morgan fingerprint density at radius 3 is 2.57 bits per heavy atom. The van der Waals surface area contributed by atoms with Gasteiger partial charge in [0, 0.05) is 10.2 Å². The Balaban J connectivity index is 1.88. The summed E-state index contributed by atoms with van der Waals surface area (Å²) in [5.74, 6) is -0.194. The number of hydrogen-bond donors (Lipinski definition) is 0.